The van der Waals surface area contributed by atoms with Gasteiger partial charge in [0.15, 0.2) is 0 Å². The molecule has 1 aromatic rings. The van der Waals surface area contributed by atoms with Crippen LogP contribution in [0.25, 0.3) is 0 Å². The molecule has 14 heavy (non-hydrogen) atoms. The maximum absolute atomic E-state index is 13.2. The van der Waals surface area contributed by atoms with Crippen molar-refractivity contribution in [3.63, 3.8) is 0 Å². The van der Waals surface area contributed by atoms with Gasteiger partial charge in [0.1, 0.15) is 11.2 Å². The van der Waals surface area contributed by atoms with Gasteiger partial charge in [-0.2, -0.15) is 0 Å². The van der Waals surface area contributed by atoms with E-state index in [4.69, 9.17) is 17.3 Å². The smallest absolute Gasteiger partial charge is 0.235 e. The highest BCUT2D eigenvalue weighted by Gasteiger charge is 2.14. The van der Waals surface area contributed by atoms with Crippen molar-refractivity contribution in [2.75, 3.05) is 0 Å². The number of primary amides is 1. The quantitative estimate of drug-likeness (QED) is 0.848. The number of hydrogen-bond acceptors (Lipinski definition) is 1. The first kappa shape index (κ1) is 11.5. The number of rotatable bonds is 3. The van der Waals surface area contributed by atoms with Crippen molar-refractivity contribution in [3.05, 3.63) is 34.1 Å². The van der Waals surface area contributed by atoms with Gasteiger partial charge in [-0.05, 0) is 23.8 Å². The first-order chi connectivity index (χ1) is 6.50. The van der Waals surface area contributed by atoms with Crippen molar-refractivity contribution < 1.29 is 9.18 Å². The van der Waals surface area contributed by atoms with E-state index in [1.54, 1.807) is 12.1 Å². The number of halogens is 3. The van der Waals surface area contributed by atoms with E-state index >= 15 is 0 Å². The summed E-state index contributed by atoms with van der Waals surface area (Å²) in [5.41, 5.74) is 5.34. The molecule has 2 nitrogen and oxygen atoms in total. The summed E-state index contributed by atoms with van der Waals surface area (Å²) in [6.07, 6.45) is 0.0994. The van der Waals surface area contributed by atoms with Gasteiger partial charge in [-0.15, -0.1) is 11.6 Å². The molecule has 1 amide bonds. The molecule has 0 heterocycles. The zero-order valence-corrected chi connectivity index (χ0v) is 9.48. The minimum absolute atomic E-state index is 0.0994. The molecule has 0 aromatic heterocycles. The Bertz CT molecular complexity index is 359. The summed E-state index contributed by atoms with van der Waals surface area (Å²) in [5.74, 6) is -1.04. The second kappa shape index (κ2) is 4.75. The lowest BCUT2D eigenvalue weighted by atomic mass is 10.1. The van der Waals surface area contributed by atoms with Gasteiger partial charge in [-0.1, -0.05) is 15.9 Å². The first-order valence-electron chi connectivity index (χ1n) is 3.88. The zero-order chi connectivity index (χ0) is 10.7. The van der Waals surface area contributed by atoms with E-state index in [2.05, 4.69) is 15.9 Å². The van der Waals surface area contributed by atoms with Crippen LogP contribution in [-0.4, -0.2) is 11.3 Å². The van der Waals surface area contributed by atoms with Crippen molar-refractivity contribution in [1.29, 1.82) is 0 Å². The monoisotopic (exact) mass is 279 g/mol. The zero-order valence-electron chi connectivity index (χ0n) is 7.14. The lowest BCUT2D eigenvalue weighted by molar-refractivity contribution is -0.117. The summed E-state index contributed by atoms with van der Waals surface area (Å²) in [5, 5.41) is -0.876. The topological polar surface area (TPSA) is 43.1 Å². The molecule has 2 N–H and O–H groups in total. The van der Waals surface area contributed by atoms with Crippen LogP contribution in [0.3, 0.4) is 0 Å². The summed E-state index contributed by atoms with van der Waals surface area (Å²) < 4.78 is 13.9. The Morgan fingerprint density at radius 3 is 2.86 bits per heavy atom. The van der Waals surface area contributed by atoms with E-state index in [0.29, 0.717) is 5.56 Å². The van der Waals surface area contributed by atoms with Crippen LogP contribution in [0.2, 0.25) is 0 Å². The Morgan fingerprint density at radius 1 is 1.64 bits per heavy atom. The van der Waals surface area contributed by atoms with Gasteiger partial charge in [-0.3, -0.25) is 4.79 Å². The van der Waals surface area contributed by atoms with Gasteiger partial charge < -0.3 is 5.73 Å². The molecule has 0 bridgehead atoms. The molecule has 1 unspecified atom stereocenters. The number of benzene rings is 1. The number of nitrogens with two attached hydrogens (primary N) is 1. The maximum atomic E-state index is 13.2. The van der Waals surface area contributed by atoms with E-state index in [1.807, 2.05) is 0 Å². The molecule has 5 heteroatoms. The molecule has 0 saturated heterocycles. The SMILES string of the molecule is NC(=O)C(Cl)Cc1cc(Br)ccc1F. The van der Waals surface area contributed by atoms with Crippen molar-refractivity contribution in [3.8, 4) is 0 Å². The number of amides is 1. The Hall–Kier alpha value is -0.610. The highest BCUT2D eigenvalue weighted by molar-refractivity contribution is 9.10. The molecule has 0 spiro atoms. The average Bonchev–Trinajstić information content (AvgIpc) is 2.11. The number of alkyl halides is 1. The van der Waals surface area contributed by atoms with E-state index < -0.39 is 11.3 Å². The predicted octanol–water partition coefficient (Wildman–Crippen LogP) is 2.22. The second-order valence-corrected chi connectivity index (χ2v) is 4.25. The van der Waals surface area contributed by atoms with E-state index in [1.165, 1.54) is 6.07 Å². The van der Waals surface area contributed by atoms with Crippen LogP contribution in [-0.2, 0) is 11.2 Å². The minimum atomic E-state index is -0.876. The molecule has 0 aliphatic rings. The van der Waals surface area contributed by atoms with Gasteiger partial charge in [0, 0.05) is 10.9 Å². The highest BCUT2D eigenvalue weighted by Crippen LogP contribution is 2.18. The van der Waals surface area contributed by atoms with Gasteiger partial charge in [0.2, 0.25) is 5.91 Å². The van der Waals surface area contributed by atoms with Crippen molar-refractivity contribution in [1.82, 2.24) is 0 Å². The summed E-state index contributed by atoms with van der Waals surface area (Å²) in [6, 6.07) is 4.46. The van der Waals surface area contributed by atoms with E-state index in [-0.39, 0.29) is 12.2 Å². The molecule has 1 atom stereocenters. The van der Waals surface area contributed by atoms with Crippen molar-refractivity contribution in [2.45, 2.75) is 11.8 Å². The normalized spacial score (nSPS) is 12.5. The Balaban J connectivity index is 2.85. The standard InChI is InChI=1S/C9H8BrClFNO/c10-6-1-2-8(12)5(3-6)4-7(11)9(13)14/h1-3,7H,4H2,(H2,13,14). The number of carbonyl (C=O) groups excluding carboxylic acids is 1. The highest BCUT2D eigenvalue weighted by atomic mass is 79.9. The van der Waals surface area contributed by atoms with Gasteiger partial charge in [-0.25, -0.2) is 4.39 Å². The van der Waals surface area contributed by atoms with Crippen LogP contribution in [0.1, 0.15) is 5.56 Å². The largest absolute Gasteiger partial charge is 0.368 e. The van der Waals surface area contributed by atoms with Crippen molar-refractivity contribution >= 4 is 33.4 Å². The first-order valence-corrected chi connectivity index (χ1v) is 5.11. The van der Waals surface area contributed by atoms with Crippen LogP contribution in [0.5, 0.6) is 0 Å². The summed E-state index contributed by atoms with van der Waals surface area (Å²) in [7, 11) is 0. The molecule has 0 aliphatic heterocycles. The molecule has 76 valence electrons. The van der Waals surface area contributed by atoms with Crippen LogP contribution in [0, 0.1) is 5.82 Å². The fraction of sp³-hybridized carbons (Fsp3) is 0.222. The molecular weight excluding hydrogens is 272 g/mol. The third-order valence-electron chi connectivity index (χ3n) is 1.72. The van der Waals surface area contributed by atoms with Crippen LogP contribution < -0.4 is 5.73 Å². The lowest BCUT2D eigenvalue weighted by Crippen LogP contribution is -2.25. The van der Waals surface area contributed by atoms with Gasteiger partial charge in [0.25, 0.3) is 0 Å². The summed E-state index contributed by atoms with van der Waals surface area (Å²) in [4.78, 5) is 10.7. The Labute approximate surface area is 94.4 Å². The van der Waals surface area contributed by atoms with Gasteiger partial charge >= 0.3 is 0 Å². The maximum Gasteiger partial charge on any atom is 0.235 e. The predicted molar refractivity (Wildman–Crippen MR) is 56.6 cm³/mol. The molecule has 0 radical (unpaired) electrons. The third kappa shape index (κ3) is 2.96. The van der Waals surface area contributed by atoms with Crippen molar-refractivity contribution in [2.24, 2.45) is 5.73 Å². The molecule has 1 aromatic carbocycles. The molecular formula is C9H8BrClFNO. The van der Waals surface area contributed by atoms with E-state index in [0.717, 1.165) is 4.47 Å². The second-order valence-electron chi connectivity index (χ2n) is 2.81. The third-order valence-corrected chi connectivity index (χ3v) is 2.58. The minimum Gasteiger partial charge on any atom is -0.368 e. The molecule has 1 rings (SSSR count). The summed E-state index contributed by atoms with van der Waals surface area (Å²) in [6.45, 7) is 0. The van der Waals surface area contributed by atoms with E-state index in [9.17, 15) is 9.18 Å². The fourth-order valence-electron chi connectivity index (χ4n) is 0.993. The molecule has 0 aliphatic carbocycles. The Kier molecular flexibility index (Phi) is 3.89. The molecule has 0 saturated carbocycles. The van der Waals surface area contributed by atoms with Crippen LogP contribution in [0.4, 0.5) is 4.39 Å². The lowest BCUT2D eigenvalue weighted by Gasteiger charge is -2.06. The van der Waals surface area contributed by atoms with Crippen LogP contribution >= 0.6 is 27.5 Å². The van der Waals surface area contributed by atoms with Crippen LogP contribution in [0.15, 0.2) is 22.7 Å². The molecule has 0 fully saturated rings. The summed E-state index contributed by atoms with van der Waals surface area (Å²) >= 11 is 8.82. The average molecular weight is 281 g/mol. The fourth-order valence-corrected chi connectivity index (χ4v) is 1.57. The number of hydrogen-bond donors (Lipinski definition) is 1. The Morgan fingerprint density at radius 2 is 2.29 bits per heavy atom. The van der Waals surface area contributed by atoms with Gasteiger partial charge in [0.05, 0.1) is 0 Å². The number of carbonyl (C=O) groups is 1.